The van der Waals surface area contributed by atoms with Crippen molar-refractivity contribution in [3.63, 3.8) is 0 Å². The van der Waals surface area contributed by atoms with Crippen LogP contribution in [0, 0.1) is 23.0 Å². The Labute approximate surface area is 187 Å². The lowest BCUT2D eigenvalue weighted by Gasteiger charge is -2.20. The molecule has 31 heavy (non-hydrogen) atoms. The maximum absolute atomic E-state index is 14.9. The predicted octanol–water partition coefficient (Wildman–Crippen LogP) is 4.10. The summed E-state index contributed by atoms with van der Waals surface area (Å²) < 4.78 is 40.2. The molecule has 1 amide bonds. The molecule has 1 unspecified atom stereocenters. The van der Waals surface area contributed by atoms with Crippen molar-refractivity contribution in [2.75, 3.05) is 13.2 Å². The molecule has 0 aliphatic carbocycles. The number of halogens is 3. The molecule has 9 heteroatoms. The minimum absolute atomic E-state index is 0. The zero-order valence-corrected chi connectivity index (χ0v) is 18.5. The molecule has 0 aromatic heterocycles. The second-order valence-electron chi connectivity index (χ2n) is 7.14. The Bertz CT molecular complexity index is 892. The van der Waals surface area contributed by atoms with Crippen LogP contribution in [0.5, 0.6) is 5.75 Å². The fourth-order valence-electron chi connectivity index (χ4n) is 2.70. The van der Waals surface area contributed by atoms with Gasteiger partial charge in [0.15, 0.2) is 17.7 Å². The number of ether oxygens (including phenoxy) is 2. The highest BCUT2D eigenvalue weighted by atomic mass is 35.5. The molecule has 0 fully saturated rings. The van der Waals surface area contributed by atoms with Crippen molar-refractivity contribution in [3.8, 4) is 5.75 Å². The molecular weight excluding hydrogens is 428 g/mol. The smallest absolute Gasteiger partial charge is 0.254 e. The van der Waals surface area contributed by atoms with Gasteiger partial charge >= 0.3 is 0 Å². The number of amidine groups is 1. The van der Waals surface area contributed by atoms with Gasteiger partial charge in [-0.1, -0.05) is 38.1 Å². The summed E-state index contributed by atoms with van der Waals surface area (Å²) in [4.78, 5) is 12.7. The lowest BCUT2D eigenvalue weighted by Crippen LogP contribution is -2.32. The normalized spacial score (nSPS) is 11.5. The highest BCUT2D eigenvalue weighted by Crippen LogP contribution is 2.30. The summed E-state index contributed by atoms with van der Waals surface area (Å²) in [6, 6.07) is 8.97. The van der Waals surface area contributed by atoms with E-state index in [4.69, 9.17) is 20.6 Å². The molecule has 2 rings (SSSR count). The first kappa shape index (κ1) is 26.3. The number of carbonyl (C=O) groups is 1. The van der Waals surface area contributed by atoms with Gasteiger partial charge in [0.25, 0.3) is 5.91 Å². The second-order valence-corrected chi connectivity index (χ2v) is 7.14. The van der Waals surface area contributed by atoms with E-state index in [1.54, 1.807) is 31.2 Å². The number of hydrogen-bond acceptors (Lipinski definition) is 4. The Hall–Kier alpha value is -2.71. The molecule has 0 saturated carbocycles. The number of nitrogens with one attached hydrogen (secondary N) is 2. The van der Waals surface area contributed by atoms with Crippen molar-refractivity contribution in [2.45, 2.75) is 33.4 Å². The molecular formula is C22H28ClF2N3O3. The Kier molecular flexibility index (Phi) is 10.4. The predicted molar refractivity (Wildman–Crippen MR) is 118 cm³/mol. The third kappa shape index (κ3) is 7.18. The van der Waals surface area contributed by atoms with Crippen LogP contribution in [0.25, 0.3) is 0 Å². The minimum atomic E-state index is -1.46. The molecule has 2 aromatic rings. The van der Waals surface area contributed by atoms with Gasteiger partial charge in [-0.05, 0) is 30.5 Å². The van der Waals surface area contributed by atoms with Gasteiger partial charge in [0.2, 0.25) is 0 Å². The quantitative estimate of drug-likeness (QED) is 0.371. The van der Waals surface area contributed by atoms with Gasteiger partial charge in [-0.3, -0.25) is 10.2 Å². The molecule has 0 heterocycles. The van der Waals surface area contributed by atoms with E-state index in [0.29, 0.717) is 5.56 Å². The first-order chi connectivity index (χ1) is 14.2. The highest BCUT2D eigenvalue weighted by Gasteiger charge is 2.29. The highest BCUT2D eigenvalue weighted by molar-refractivity contribution is 5.94. The second kappa shape index (κ2) is 12.2. The van der Waals surface area contributed by atoms with Crippen LogP contribution in [0.3, 0.4) is 0 Å². The van der Waals surface area contributed by atoms with E-state index in [2.05, 4.69) is 5.32 Å². The molecule has 0 aliphatic rings. The Morgan fingerprint density at radius 3 is 2.35 bits per heavy atom. The van der Waals surface area contributed by atoms with Crippen LogP contribution in [0.15, 0.2) is 36.4 Å². The number of carbonyl (C=O) groups excluding carboxylic acids is 1. The fourth-order valence-corrected chi connectivity index (χ4v) is 2.70. The summed E-state index contributed by atoms with van der Waals surface area (Å²) in [6.45, 7) is 5.90. The maximum Gasteiger partial charge on any atom is 0.254 e. The number of hydrogen-bond donors (Lipinski definition) is 3. The van der Waals surface area contributed by atoms with Gasteiger partial charge < -0.3 is 20.5 Å². The Balaban J connectivity index is 0.00000480. The van der Waals surface area contributed by atoms with Crippen LogP contribution in [0.1, 0.15) is 43.6 Å². The van der Waals surface area contributed by atoms with Crippen molar-refractivity contribution in [2.24, 2.45) is 11.7 Å². The van der Waals surface area contributed by atoms with Crippen LogP contribution < -0.4 is 15.8 Å². The topological polar surface area (TPSA) is 97.4 Å². The van der Waals surface area contributed by atoms with Crippen molar-refractivity contribution in [1.82, 2.24) is 5.32 Å². The van der Waals surface area contributed by atoms with E-state index in [1.807, 2.05) is 13.8 Å². The minimum Gasteiger partial charge on any atom is -0.490 e. The number of amides is 1. The molecule has 1 atom stereocenters. The van der Waals surface area contributed by atoms with E-state index in [-0.39, 0.29) is 49.7 Å². The summed E-state index contributed by atoms with van der Waals surface area (Å²) in [6.07, 6.45) is -1.46. The number of nitrogens with two attached hydrogens (primary N) is 1. The zero-order chi connectivity index (χ0) is 22.3. The molecule has 170 valence electrons. The average molecular weight is 456 g/mol. The molecule has 0 spiro atoms. The molecule has 0 saturated heterocycles. The third-order valence-electron chi connectivity index (χ3n) is 4.23. The molecule has 0 radical (unpaired) electrons. The van der Waals surface area contributed by atoms with E-state index in [0.717, 1.165) is 11.6 Å². The first-order valence-electron chi connectivity index (χ1n) is 9.67. The largest absolute Gasteiger partial charge is 0.490 e. The standard InChI is InChI=1S/C22H27F2N3O3.ClH/c1-4-29-20(18-16(23)9-10-17(19(18)24)30-12-13(2)3)22(28)27-11-14-5-7-15(8-6-14)21(25)26;/h5-10,13,20H,4,11-12H2,1-3H3,(H3,25,26)(H,27,28);1H. The molecule has 6 nitrogen and oxygen atoms in total. The lowest BCUT2D eigenvalue weighted by atomic mass is 10.1. The van der Waals surface area contributed by atoms with Crippen molar-refractivity contribution < 1.29 is 23.0 Å². The van der Waals surface area contributed by atoms with Gasteiger partial charge in [-0.15, -0.1) is 12.4 Å². The van der Waals surface area contributed by atoms with Crippen LogP contribution in [-0.2, 0) is 16.1 Å². The SMILES string of the molecule is CCOC(C(=O)NCc1ccc(C(=N)N)cc1)c1c(F)ccc(OCC(C)C)c1F.Cl. The number of nitrogen functional groups attached to an aromatic ring is 1. The molecule has 2 aromatic carbocycles. The van der Waals surface area contributed by atoms with E-state index < -0.39 is 29.2 Å². The summed E-state index contributed by atoms with van der Waals surface area (Å²) in [5, 5.41) is 10.0. The van der Waals surface area contributed by atoms with Crippen molar-refractivity contribution in [3.05, 3.63) is 64.7 Å². The number of benzene rings is 2. The molecule has 0 bridgehead atoms. The van der Waals surface area contributed by atoms with Gasteiger partial charge in [0.1, 0.15) is 11.7 Å². The van der Waals surface area contributed by atoms with Gasteiger partial charge in [0, 0.05) is 18.7 Å². The summed E-state index contributed by atoms with van der Waals surface area (Å²) in [7, 11) is 0. The lowest BCUT2D eigenvalue weighted by molar-refractivity contribution is -0.133. The monoisotopic (exact) mass is 455 g/mol. The molecule has 0 aliphatic heterocycles. The van der Waals surface area contributed by atoms with Gasteiger partial charge in [0.05, 0.1) is 12.2 Å². The first-order valence-corrected chi connectivity index (χ1v) is 9.67. The fraction of sp³-hybridized carbons (Fsp3) is 0.364. The third-order valence-corrected chi connectivity index (χ3v) is 4.23. The Morgan fingerprint density at radius 1 is 1.16 bits per heavy atom. The van der Waals surface area contributed by atoms with Crippen LogP contribution in [-0.4, -0.2) is 25.0 Å². The van der Waals surface area contributed by atoms with Crippen LogP contribution in [0.4, 0.5) is 8.78 Å². The zero-order valence-electron chi connectivity index (χ0n) is 17.7. The van der Waals surface area contributed by atoms with Crippen molar-refractivity contribution in [1.29, 1.82) is 5.41 Å². The van der Waals surface area contributed by atoms with Crippen molar-refractivity contribution >= 4 is 24.1 Å². The summed E-state index contributed by atoms with van der Waals surface area (Å²) in [5.74, 6) is -2.55. The average Bonchev–Trinajstić information content (AvgIpc) is 2.71. The van der Waals surface area contributed by atoms with Gasteiger partial charge in [-0.2, -0.15) is 0 Å². The van der Waals surface area contributed by atoms with Gasteiger partial charge in [-0.25, -0.2) is 8.78 Å². The van der Waals surface area contributed by atoms with E-state index >= 15 is 0 Å². The number of rotatable bonds is 10. The van der Waals surface area contributed by atoms with Crippen LogP contribution >= 0.6 is 12.4 Å². The molecule has 4 N–H and O–H groups in total. The Morgan fingerprint density at radius 2 is 1.81 bits per heavy atom. The van der Waals surface area contributed by atoms with Crippen LogP contribution in [0.2, 0.25) is 0 Å². The summed E-state index contributed by atoms with van der Waals surface area (Å²) >= 11 is 0. The summed E-state index contributed by atoms with van der Waals surface area (Å²) in [5.41, 5.74) is 6.22. The maximum atomic E-state index is 14.9. The van der Waals surface area contributed by atoms with E-state index in [1.165, 1.54) is 6.07 Å². The van der Waals surface area contributed by atoms with E-state index in [9.17, 15) is 13.6 Å².